The molecule has 8 heteroatoms. The number of nitriles is 1. The van der Waals surface area contributed by atoms with Crippen LogP contribution in [0.2, 0.25) is 0 Å². The van der Waals surface area contributed by atoms with Crippen molar-refractivity contribution in [3.63, 3.8) is 0 Å². The van der Waals surface area contributed by atoms with Gasteiger partial charge in [0.05, 0.1) is 8.71 Å². The summed E-state index contributed by atoms with van der Waals surface area (Å²) in [5.74, 6) is -0.618. The third kappa shape index (κ3) is 4.00. The number of carbonyl (C=O) groups excluding carboxylic acids is 1. The Bertz CT molecular complexity index is 808. The van der Waals surface area contributed by atoms with E-state index in [2.05, 4.69) is 21.2 Å². The summed E-state index contributed by atoms with van der Waals surface area (Å²) in [6.45, 7) is 0. The van der Waals surface area contributed by atoms with Gasteiger partial charge in [-0.15, -0.1) is 11.3 Å². The lowest BCUT2D eigenvalue weighted by Crippen LogP contribution is -2.13. The van der Waals surface area contributed by atoms with E-state index in [1.807, 2.05) is 12.1 Å². The first-order valence-corrected chi connectivity index (χ1v) is 7.53. The van der Waals surface area contributed by atoms with Gasteiger partial charge in [-0.25, -0.2) is 0 Å². The average molecular weight is 378 g/mol. The van der Waals surface area contributed by atoms with E-state index in [0.717, 1.165) is 8.66 Å². The van der Waals surface area contributed by atoms with Crippen LogP contribution in [-0.4, -0.2) is 10.8 Å². The summed E-state index contributed by atoms with van der Waals surface area (Å²) in [5, 5.41) is 22.3. The Hall–Kier alpha value is -2.50. The molecule has 0 saturated carbocycles. The van der Waals surface area contributed by atoms with Crippen molar-refractivity contribution in [2.24, 2.45) is 0 Å². The monoisotopic (exact) mass is 377 g/mol. The minimum absolute atomic E-state index is 0.0825. The van der Waals surface area contributed by atoms with E-state index in [9.17, 15) is 14.9 Å². The molecular weight excluding hydrogens is 370 g/mol. The van der Waals surface area contributed by atoms with Crippen molar-refractivity contribution in [2.45, 2.75) is 0 Å². The van der Waals surface area contributed by atoms with Crippen LogP contribution >= 0.6 is 27.3 Å². The van der Waals surface area contributed by atoms with Crippen molar-refractivity contribution in [1.29, 1.82) is 5.26 Å². The Morgan fingerprint density at radius 2 is 2.18 bits per heavy atom. The summed E-state index contributed by atoms with van der Waals surface area (Å²) in [6.07, 6.45) is 1.46. The highest BCUT2D eigenvalue weighted by atomic mass is 79.9. The van der Waals surface area contributed by atoms with Crippen LogP contribution in [-0.2, 0) is 4.79 Å². The van der Waals surface area contributed by atoms with Gasteiger partial charge in [0.2, 0.25) is 0 Å². The molecule has 1 aromatic heterocycles. The molecule has 0 atom stereocenters. The number of nitrogens with one attached hydrogen (secondary N) is 1. The molecule has 1 heterocycles. The van der Waals surface area contributed by atoms with Gasteiger partial charge in [-0.2, -0.15) is 5.26 Å². The maximum absolute atomic E-state index is 12.1. The van der Waals surface area contributed by atoms with Crippen LogP contribution in [0.5, 0.6) is 0 Å². The Kier molecular flexibility index (Phi) is 5.04. The molecular formula is C14H8BrN3O3S. The van der Waals surface area contributed by atoms with Crippen molar-refractivity contribution < 1.29 is 9.72 Å². The summed E-state index contributed by atoms with van der Waals surface area (Å²) in [7, 11) is 0. The summed E-state index contributed by atoms with van der Waals surface area (Å²) in [5.41, 5.74) is 0.0380. The first kappa shape index (κ1) is 15.9. The molecule has 1 amide bonds. The minimum Gasteiger partial charge on any atom is -0.321 e. The number of hydrogen-bond donors (Lipinski definition) is 1. The molecule has 0 aliphatic rings. The standard InChI is InChI=1S/C14H8BrN3O3S/c15-13-5-4-12(22-13)6-9(8-16)14(19)17-10-2-1-3-11(7-10)18(20)21/h1-7H,(H,17,19)/b9-6+. The number of thiophene rings is 1. The first-order valence-electron chi connectivity index (χ1n) is 5.92. The highest BCUT2D eigenvalue weighted by Crippen LogP contribution is 2.24. The van der Waals surface area contributed by atoms with Crippen LogP contribution in [0, 0.1) is 21.4 Å². The van der Waals surface area contributed by atoms with E-state index >= 15 is 0 Å². The number of anilines is 1. The van der Waals surface area contributed by atoms with E-state index < -0.39 is 10.8 Å². The Morgan fingerprint density at radius 1 is 1.41 bits per heavy atom. The van der Waals surface area contributed by atoms with Crippen LogP contribution in [0.15, 0.2) is 45.8 Å². The predicted molar refractivity (Wildman–Crippen MR) is 87.3 cm³/mol. The Morgan fingerprint density at radius 3 is 2.77 bits per heavy atom. The lowest BCUT2D eigenvalue weighted by Gasteiger charge is -2.03. The van der Waals surface area contributed by atoms with Gasteiger partial charge < -0.3 is 5.32 Å². The number of nitro groups is 1. The molecule has 2 aromatic rings. The van der Waals surface area contributed by atoms with Crippen molar-refractivity contribution in [3.8, 4) is 6.07 Å². The third-order valence-corrected chi connectivity index (χ3v) is 4.13. The fraction of sp³-hybridized carbons (Fsp3) is 0. The van der Waals surface area contributed by atoms with Crippen molar-refractivity contribution in [1.82, 2.24) is 0 Å². The molecule has 0 fully saturated rings. The first-order chi connectivity index (χ1) is 10.5. The molecule has 0 unspecified atom stereocenters. The number of amides is 1. The van der Waals surface area contributed by atoms with E-state index in [1.165, 1.54) is 41.7 Å². The molecule has 0 aliphatic carbocycles. The van der Waals surface area contributed by atoms with E-state index in [0.29, 0.717) is 0 Å². The van der Waals surface area contributed by atoms with Gasteiger partial charge >= 0.3 is 0 Å². The molecule has 1 N–H and O–H groups in total. The molecule has 0 spiro atoms. The molecule has 110 valence electrons. The van der Waals surface area contributed by atoms with Gasteiger partial charge in [0.15, 0.2) is 0 Å². The predicted octanol–water partition coefficient (Wildman–Crippen LogP) is 3.96. The van der Waals surface area contributed by atoms with Gasteiger partial charge in [0.1, 0.15) is 11.6 Å². The number of non-ortho nitro benzene ring substituents is 1. The van der Waals surface area contributed by atoms with Crippen LogP contribution in [0.3, 0.4) is 0 Å². The van der Waals surface area contributed by atoms with Crippen molar-refractivity contribution in [2.75, 3.05) is 5.32 Å². The lowest BCUT2D eigenvalue weighted by atomic mass is 10.2. The number of rotatable bonds is 4. The van der Waals surface area contributed by atoms with Gasteiger partial charge in [-0.1, -0.05) is 6.07 Å². The molecule has 2 rings (SSSR count). The molecule has 1 aromatic carbocycles. The number of nitro benzene ring substituents is 1. The SMILES string of the molecule is N#C/C(=C\c1ccc(Br)s1)C(=O)Nc1cccc([N+](=O)[O-])c1. The summed E-state index contributed by atoms with van der Waals surface area (Å²) in [4.78, 5) is 22.9. The van der Waals surface area contributed by atoms with E-state index in [4.69, 9.17) is 5.26 Å². The lowest BCUT2D eigenvalue weighted by molar-refractivity contribution is -0.384. The largest absolute Gasteiger partial charge is 0.321 e. The zero-order valence-electron chi connectivity index (χ0n) is 10.9. The van der Waals surface area contributed by atoms with E-state index in [1.54, 1.807) is 6.07 Å². The zero-order valence-corrected chi connectivity index (χ0v) is 13.3. The maximum atomic E-state index is 12.1. The van der Waals surface area contributed by atoms with Crippen LogP contribution < -0.4 is 5.32 Å². The fourth-order valence-electron chi connectivity index (χ4n) is 1.59. The van der Waals surface area contributed by atoms with Crippen LogP contribution in [0.1, 0.15) is 4.88 Å². The Balaban J connectivity index is 2.20. The smallest absolute Gasteiger partial charge is 0.271 e. The van der Waals surface area contributed by atoms with Crippen LogP contribution in [0.4, 0.5) is 11.4 Å². The van der Waals surface area contributed by atoms with Gasteiger partial charge in [-0.05, 0) is 40.2 Å². The normalized spacial score (nSPS) is 10.8. The molecule has 0 bridgehead atoms. The quantitative estimate of drug-likeness (QED) is 0.377. The topological polar surface area (TPSA) is 96.0 Å². The van der Waals surface area contributed by atoms with Crippen molar-refractivity contribution in [3.05, 3.63) is 60.7 Å². The fourth-order valence-corrected chi connectivity index (χ4v) is 2.96. The second kappa shape index (κ2) is 6.98. The molecule has 6 nitrogen and oxygen atoms in total. The number of halogens is 1. The number of carbonyl (C=O) groups is 1. The van der Waals surface area contributed by atoms with Gasteiger partial charge in [0, 0.05) is 22.7 Å². The molecule has 22 heavy (non-hydrogen) atoms. The Labute approximate surface area is 138 Å². The summed E-state index contributed by atoms with van der Waals surface area (Å²) in [6, 6.07) is 10.9. The molecule has 0 radical (unpaired) electrons. The van der Waals surface area contributed by atoms with Crippen molar-refractivity contribution >= 4 is 50.6 Å². The van der Waals surface area contributed by atoms with Crippen LogP contribution in [0.25, 0.3) is 6.08 Å². The number of nitrogens with zero attached hydrogens (tertiary/aromatic N) is 2. The summed E-state index contributed by atoms with van der Waals surface area (Å²) >= 11 is 4.68. The average Bonchev–Trinajstić information content (AvgIpc) is 2.90. The summed E-state index contributed by atoms with van der Waals surface area (Å²) < 4.78 is 0.884. The van der Waals surface area contributed by atoms with E-state index in [-0.39, 0.29) is 16.9 Å². The minimum atomic E-state index is -0.618. The molecule has 0 saturated heterocycles. The second-order valence-electron chi connectivity index (χ2n) is 4.07. The molecule has 0 aliphatic heterocycles. The number of hydrogen-bond acceptors (Lipinski definition) is 5. The highest BCUT2D eigenvalue weighted by molar-refractivity contribution is 9.11. The van der Waals surface area contributed by atoms with Gasteiger partial charge in [0.25, 0.3) is 11.6 Å². The third-order valence-electron chi connectivity index (χ3n) is 2.56. The maximum Gasteiger partial charge on any atom is 0.271 e. The second-order valence-corrected chi connectivity index (χ2v) is 6.57. The highest BCUT2D eigenvalue weighted by Gasteiger charge is 2.12. The number of benzene rings is 1. The van der Waals surface area contributed by atoms with Gasteiger partial charge in [-0.3, -0.25) is 14.9 Å². The zero-order chi connectivity index (χ0) is 16.1.